The summed E-state index contributed by atoms with van der Waals surface area (Å²) >= 11 is 0. The molecule has 0 aliphatic carbocycles. The molecule has 1 aliphatic heterocycles. The third-order valence-electron chi connectivity index (χ3n) is 2.35. The maximum Gasteiger partial charge on any atom is 0.249 e. The third-order valence-corrected chi connectivity index (χ3v) is 2.35. The second-order valence-electron chi connectivity index (χ2n) is 3.65. The van der Waals surface area contributed by atoms with Crippen LogP contribution in [0.5, 0.6) is 0 Å². The maximum absolute atomic E-state index is 11.4. The normalized spacial score (nSPS) is 25.8. The number of aliphatic hydroxyl groups excluding tert-OH is 1. The van der Waals surface area contributed by atoms with Gasteiger partial charge in [-0.25, -0.2) is 0 Å². The number of ether oxygens (including phenoxy) is 1. The van der Waals surface area contributed by atoms with Crippen molar-refractivity contribution in [3.63, 3.8) is 0 Å². The van der Waals surface area contributed by atoms with Gasteiger partial charge in [0.25, 0.3) is 0 Å². The van der Waals surface area contributed by atoms with Crippen molar-refractivity contribution in [2.45, 2.75) is 38.0 Å². The van der Waals surface area contributed by atoms with Gasteiger partial charge < -0.3 is 20.9 Å². The van der Waals surface area contributed by atoms with E-state index in [2.05, 4.69) is 5.32 Å². The second kappa shape index (κ2) is 5.29. The Kier molecular flexibility index (Phi) is 4.31. The number of carbonyl (C=O) groups excluding carboxylic acids is 1. The van der Waals surface area contributed by atoms with Crippen LogP contribution in [0.2, 0.25) is 0 Å². The molecular weight excluding hydrogens is 184 g/mol. The standard InChI is InChI=1S/C9H18N2O3/c1-6(12)7(10)5-11-9(13)8-3-2-4-14-8/h6-8,12H,2-5,10H2,1H3,(H,11,13)/t6?,7?,8-/m0/s1. The summed E-state index contributed by atoms with van der Waals surface area (Å²) in [6.45, 7) is 2.54. The van der Waals surface area contributed by atoms with Crippen molar-refractivity contribution in [1.29, 1.82) is 0 Å². The van der Waals surface area contributed by atoms with Crippen molar-refractivity contribution >= 4 is 5.91 Å². The predicted molar refractivity (Wildman–Crippen MR) is 51.6 cm³/mol. The highest BCUT2D eigenvalue weighted by atomic mass is 16.5. The number of hydrogen-bond donors (Lipinski definition) is 3. The van der Waals surface area contributed by atoms with Crippen LogP contribution in [0, 0.1) is 0 Å². The summed E-state index contributed by atoms with van der Waals surface area (Å²) in [6, 6.07) is -0.416. The van der Waals surface area contributed by atoms with E-state index in [4.69, 9.17) is 15.6 Å². The van der Waals surface area contributed by atoms with Gasteiger partial charge in [0.05, 0.1) is 6.10 Å². The maximum atomic E-state index is 11.4. The first-order valence-electron chi connectivity index (χ1n) is 4.94. The van der Waals surface area contributed by atoms with E-state index in [9.17, 15) is 4.79 Å². The van der Waals surface area contributed by atoms with Crippen molar-refractivity contribution < 1.29 is 14.6 Å². The average molecular weight is 202 g/mol. The van der Waals surface area contributed by atoms with Gasteiger partial charge >= 0.3 is 0 Å². The van der Waals surface area contributed by atoms with Crippen LogP contribution < -0.4 is 11.1 Å². The Hall–Kier alpha value is -0.650. The Morgan fingerprint density at radius 1 is 1.79 bits per heavy atom. The highest BCUT2D eigenvalue weighted by Crippen LogP contribution is 2.11. The van der Waals surface area contributed by atoms with E-state index in [1.165, 1.54) is 0 Å². The lowest BCUT2D eigenvalue weighted by Crippen LogP contribution is -2.46. The van der Waals surface area contributed by atoms with Crippen LogP contribution >= 0.6 is 0 Å². The van der Waals surface area contributed by atoms with Gasteiger partial charge in [-0.1, -0.05) is 0 Å². The Balaban J connectivity index is 2.20. The van der Waals surface area contributed by atoms with E-state index in [0.717, 1.165) is 12.8 Å². The molecule has 1 aliphatic rings. The number of rotatable bonds is 4. The van der Waals surface area contributed by atoms with Gasteiger partial charge in [0.2, 0.25) is 5.91 Å². The van der Waals surface area contributed by atoms with E-state index < -0.39 is 12.1 Å². The summed E-state index contributed by atoms with van der Waals surface area (Å²) in [5.74, 6) is -0.126. The minimum Gasteiger partial charge on any atom is -0.392 e. The van der Waals surface area contributed by atoms with E-state index in [-0.39, 0.29) is 18.6 Å². The molecule has 5 heteroatoms. The molecule has 1 fully saturated rings. The summed E-state index contributed by atoms with van der Waals surface area (Å²) in [5.41, 5.74) is 5.56. The first-order chi connectivity index (χ1) is 6.61. The smallest absolute Gasteiger partial charge is 0.249 e. The lowest BCUT2D eigenvalue weighted by atomic mass is 10.2. The molecule has 1 amide bonds. The molecule has 1 rings (SSSR count). The number of aliphatic hydroxyl groups is 1. The highest BCUT2D eigenvalue weighted by Gasteiger charge is 2.23. The summed E-state index contributed by atoms with van der Waals surface area (Å²) in [6.07, 6.45) is 0.770. The largest absolute Gasteiger partial charge is 0.392 e. The lowest BCUT2D eigenvalue weighted by molar-refractivity contribution is -0.130. The van der Waals surface area contributed by atoms with Gasteiger partial charge in [-0.2, -0.15) is 0 Å². The Labute approximate surface area is 83.6 Å². The molecule has 2 unspecified atom stereocenters. The minimum atomic E-state index is -0.611. The Morgan fingerprint density at radius 3 is 3.00 bits per heavy atom. The zero-order valence-electron chi connectivity index (χ0n) is 8.40. The average Bonchev–Trinajstić information content (AvgIpc) is 2.66. The van der Waals surface area contributed by atoms with Gasteiger partial charge in [-0.3, -0.25) is 4.79 Å². The fraction of sp³-hybridized carbons (Fsp3) is 0.889. The van der Waals surface area contributed by atoms with Crippen LogP contribution in [0.4, 0.5) is 0 Å². The molecule has 0 bridgehead atoms. The minimum absolute atomic E-state index is 0.126. The van der Waals surface area contributed by atoms with E-state index in [0.29, 0.717) is 6.61 Å². The third kappa shape index (κ3) is 3.25. The zero-order valence-corrected chi connectivity index (χ0v) is 8.40. The Bertz CT molecular complexity index is 190. The zero-order chi connectivity index (χ0) is 10.6. The molecule has 0 aromatic rings. The number of hydrogen-bond acceptors (Lipinski definition) is 4. The molecule has 0 saturated carbocycles. The van der Waals surface area contributed by atoms with E-state index in [1.54, 1.807) is 6.92 Å². The van der Waals surface area contributed by atoms with Gasteiger partial charge in [0.15, 0.2) is 0 Å². The molecule has 82 valence electrons. The summed E-state index contributed by atoms with van der Waals surface area (Å²) in [4.78, 5) is 11.4. The van der Waals surface area contributed by atoms with Gasteiger partial charge in [0.1, 0.15) is 6.10 Å². The van der Waals surface area contributed by atoms with Crippen LogP contribution in [0.25, 0.3) is 0 Å². The van der Waals surface area contributed by atoms with Crippen LogP contribution in [-0.2, 0) is 9.53 Å². The summed E-state index contributed by atoms with van der Waals surface area (Å²) < 4.78 is 5.19. The molecule has 1 heterocycles. The topological polar surface area (TPSA) is 84.6 Å². The Morgan fingerprint density at radius 2 is 2.50 bits per heavy atom. The lowest BCUT2D eigenvalue weighted by Gasteiger charge is -2.16. The first kappa shape index (κ1) is 11.4. The quantitative estimate of drug-likeness (QED) is 0.545. The molecular formula is C9H18N2O3. The second-order valence-corrected chi connectivity index (χ2v) is 3.65. The monoisotopic (exact) mass is 202 g/mol. The fourth-order valence-corrected chi connectivity index (χ4v) is 1.29. The van der Waals surface area contributed by atoms with E-state index in [1.807, 2.05) is 0 Å². The van der Waals surface area contributed by atoms with Crippen molar-refractivity contribution in [2.24, 2.45) is 5.73 Å². The SMILES string of the molecule is CC(O)C(N)CNC(=O)[C@@H]1CCCO1. The number of nitrogens with two attached hydrogens (primary N) is 1. The molecule has 0 radical (unpaired) electrons. The number of nitrogens with one attached hydrogen (secondary N) is 1. The molecule has 14 heavy (non-hydrogen) atoms. The highest BCUT2D eigenvalue weighted by molar-refractivity contribution is 5.80. The molecule has 1 saturated heterocycles. The fourth-order valence-electron chi connectivity index (χ4n) is 1.29. The molecule has 0 aromatic carbocycles. The van der Waals surface area contributed by atoms with Crippen LogP contribution in [-0.4, -0.2) is 42.4 Å². The van der Waals surface area contributed by atoms with Crippen molar-refractivity contribution in [3.05, 3.63) is 0 Å². The molecule has 0 spiro atoms. The van der Waals surface area contributed by atoms with Crippen molar-refractivity contribution in [2.75, 3.05) is 13.2 Å². The molecule has 3 atom stereocenters. The van der Waals surface area contributed by atoms with Gasteiger partial charge in [-0.05, 0) is 19.8 Å². The van der Waals surface area contributed by atoms with Crippen LogP contribution in [0.1, 0.15) is 19.8 Å². The predicted octanol–water partition coefficient (Wildman–Crippen LogP) is -1.01. The number of amides is 1. The summed E-state index contributed by atoms with van der Waals surface area (Å²) in [7, 11) is 0. The summed E-state index contributed by atoms with van der Waals surface area (Å²) in [5, 5.41) is 11.7. The van der Waals surface area contributed by atoms with Gasteiger partial charge in [-0.15, -0.1) is 0 Å². The van der Waals surface area contributed by atoms with Crippen LogP contribution in [0.3, 0.4) is 0 Å². The first-order valence-corrected chi connectivity index (χ1v) is 4.94. The molecule has 4 N–H and O–H groups in total. The van der Waals surface area contributed by atoms with Gasteiger partial charge in [0, 0.05) is 19.2 Å². The van der Waals surface area contributed by atoms with Crippen molar-refractivity contribution in [1.82, 2.24) is 5.32 Å². The van der Waals surface area contributed by atoms with Crippen molar-refractivity contribution in [3.8, 4) is 0 Å². The van der Waals surface area contributed by atoms with Crippen LogP contribution in [0.15, 0.2) is 0 Å². The molecule has 0 aromatic heterocycles. The van der Waals surface area contributed by atoms with E-state index >= 15 is 0 Å². The molecule has 5 nitrogen and oxygen atoms in total. The number of carbonyl (C=O) groups is 1.